The van der Waals surface area contributed by atoms with Crippen LogP contribution >= 0.6 is 11.3 Å². The van der Waals surface area contributed by atoms with E-state index in [4.69, 9.17) is 0 Å². The number of hydrogen-bond acceptors (Lipinski definition) is 5. The van der Waals surface area contributed by atoms with E-state index < -0.39 is 0 Å². The van der Waals surface area contributed by atoms with Gasteiger partial charge in [-0.25, -0.2) is 9.97 Å². The van der Waals surface area contributed by atoms with Crippen molar-refractivity contribution in [3.63, 3.8) is 0 Å². The van der Waals surface area contributed by atoms with Gasteiger partial charge in [-0.1, -0.05) is 0 Å². The average molecular weight is 264 g/mol. The highest BCUT2D eigenvalue weighted by atomic mass is 32.1. The molecule has 96 valence electrons. The van der Waals surface area contributed by atoms with E-state index in [0.717, 1.165) is 28.1 Å². The number of aromatic nitrogens is 3. The molecule has 0 amide bonds. The first-order valence-electron chi connectivity index (χ1n) is 5.84. The van der Waals surface area contributed by atoms with Crippen LogP contribution in [0.1, 0.15) is 23.3 Å². The fourth-order valence-electron chi connectivity index (χ4n) is 1.73. The van der Waals surface area contributed by atoms with Crippen LogP contribution < -0.4 is 10.9 Å². The lowest BCUT2D eigenvalue weighted by Crippen LogP contribution is -2.23. The minimum Gasteiger partial charge on any atom is -0.362 e. The van der Waals surface area contributed by atoms with Crippen molar-refractivity contribution >= 4 is 16.5 Å². The molecule has 0 atom stereocenters. The van der Waals surface area contributed by atoms with Gasteiger partial charge < -0.3 is 5.32 Å². The lowest BCUT2D eigenvalue weighted by molar-refractivity contribution is 0.700. The zero-order chi connectivity index (χ0) is 13.1. The van der Waals surface area contributed by atoms with E-state index in [-0.39, 0.29) is 5.56 Å². The summed E-state index contributed by atoms with van der Waals surface area (Å²) in [7, 11) is 0. The van der Waals surface area contributed by atoms with E-state index in [2.05, 4.69) is 15.3 Å². The lowest BCUT2D eigenvalue weighted by atomic mass is 10.4. The van der Waals surface area contributed by atoms with Crippen LogP contribution in [-0.2, 0) is 6.54 Å². The summed E-state index contributed by atoms with van der Waals surface area (Å²) in [4.78, 5) is 21.5. The third-order valence-corrected chi connectivity index (χ3v) is 3.46. The van der Waals surface area contributed by atoms with Crippen molar-refractivity contribution in [3.8, 4) is 0 Å². The molecule has 2 aromatic heterocycles. The molecule has 0 spiro atoms. The maximum atomic E-state index is 11.9. The summed E-state index contributed by atoms with van der Waals surface area (Å²) in [6.45, 7) is 7.08. The van der Waals surface area contributed by atoms with Crippen LogP contribution in [0, 0.1) is 13.8 Å². The quantitative estimate of drug-likeness (QED) is 0.914. The van der Waals surface area contributed by atoms with Gasteiger partial charge in [0.25, 0.3) is 5.56 Å². The Bertz CT molecular complexity index is 602. The number of hydrogen-bond donors (Lipinski definition) is 1. The number of rotatable bonds is 4. The van der Waals surface area contributed by atoms with Crippen molar-refractivity contribution in [1.29, 1.82) is 0 Å². The summed E-state index contributed by atoms with van der Waals surface area (Å²) < 4.78 is 1.66. The fraction of sp³-hybridized carbons (Fsp3) is 0.417. The van der Waals surface area contributed by atoms with Gasteiger partial charge >= 0.3 is 0 Å². The largest absolute Gasteiger partial charge is 0.362 e. The maximum absolute atomic E-state index is 11.9. The molecule has 2 heterocycles. The SMILES string of the molecule is CCNc1ncc(Cn2c(C)nc(C)cc2=O)s1. The predicted octanol–water partition coefficient (Wildman–Crippen LogP) is 1.80. The van der Waals surface area contributed by atoms with E-state index in [1.165, 1.54) is 0 Å². The Kier molecular flexibility index (Phi) is 3.76. The van der Waals surface area contributed by atoms with E-state index in [0.29, 0.717) is 6.54 Å². The van der Waals surface area contributed by atoms with Crippen LogP contribution in [0.15, 0.2) is 17.1 Å². The van der Waals surface area contributed by atoms with Crippen molar-refractivity contribution in [1.82, 2.24) is 14.5 Å². The molecule has 5 nitrogen and oxygen atoms in total. The van der Waals surface area contributed by atoms with Gasteiger partial charge in [-0.3, -0.25) is 9.36 Å². The zero-order valence-corrected chi connectivity index (χ0v) is 11.5. The lowest BCUT2D eigenvalue weighted by Gasteiger charge is -2.07. The van der Waals surface area contributed by atoms with Gasteiger partial charge in [0, 0.05) is 29.4 Å². The zero-order valence-electron chi connectivity index (χ0n) is 10.7. The second-order valence-corrected chi connectivity index (χ2v) is 5.15. The van der Waals surface area contributed by atoms with E-state index in [1.54, 1.807) is 28.2 Å². The molecule has 0 radical (unpaired) electrons. The van der Waals surface area contributed by atoms with Crippen LogP contribution in [0.25, 0.3) is 0 Å². The van der Waals surface area contributed by atoms with E-state index in [9.17, 15) is 4.79 Å². The van der Waals surface area contributed by atoms with Gasteiger partial charge in [0.1, 0.15) is 5.82 Å². The molecule has 0 aliphatic rings. The monoisotopic (exact) mass is 264 g/mol. The first-order valence-corrected chi connectivity index (χ1v) is 6.65. The normalized spacial score (nSPS) is 10.6. The molecule has 18 heavy (non-hydrogen) atoms. The minimum atomic E-state index is -0.0154. The Balaban J connectivity index is 2.25. The van der Waals surface area contributed by atoms with Crippen molar-refractivity contribution in [2.24, 2.45) is 0 Å². The molecule has 0 fully saturated rings. The molecule has 0 saturated carbocycles. The van der Waals surface area contributed by atoms with Crippen LogP contribution in [-0.4, -0.2) is 21.1 Å². The molecular formula is C12H16N4OS. The summed E-state index contributed by atoms with van der Waals surface area (Å²) in [5.41, 5.74) is 0.741. The van der Waals surface area contributed by atoms with Gasteiger partial charge in [-0.05, 0) is 20.8 Å². The van der Waals surface area contributed by atoms with Crippen molar-refractivity contribution in [3.05, 3.63) is 39.0 Å². The Morgan fingerprint density at radius 2 is 2.22 bits per heavy atom. The van der Waals surface area contributed by atoms with Crippen molar-refractivity contribution in [2.45, 2.75) is 27.3 Å². The van der Waals surface area contributed by atoms with Crippen LogP contribution in [0.2, 0.25) is 0 Å². The molecule has 0 unspecified atom stereocenters. The number of nitrogens with one attached hydrogen (secondary N) is 1. The standard InChI is InChI=1S/C12H16N4OS/c1-4-13-12-14-6-10(18-12)7-16-9(3)15-8(2)5-11(16)17/h5-6H,4,7H2,1-3H3,(H,13,14). The molecule has 2 aromatic rings. The molecule has 0 aromatic carbocycles. The van der Waals surface area contributed by atoms with E-state index in [1.807, 2.05) is 20.8 Å². The van der Waals surface area contributed by atoms with Gasteiger partial charge in [-0.2, -0.15) is 0 Å². The van der Waals surface area contributed by atoms with Crippen molar-refractivity contribution in [2.75, 3.05) is 11.9 Å². The third kappa shape index (κ3) is 2.76. The summed E-state index contributed by atoms with van der Waals surface area (Å²) in [6, 6.07) is 1.55. The third-order valence-electron chi connectivity index (χ3n) is 2.52. The molecule has 0 bridgehead atoms. The Morgan fingerprint density at radius 1 is 1.44 bits per heavy atom. The highest BCUT2D eigenvalue weighted by molar-refractivity contribution is 7.15. The van der Waals surface area contributed by atoms with Gasteiger partial charge in [-0.15, -0.1) is 11.3 Å². The second kappa shape index (κ2) is 5.30. The molecular weight excluding hydrogens is 248 g/mol. The van der Waals surface area contributed by atoms with Crippen LogP contribution in [0.5, 0.6) is 0 Å². The maximum Gasteiger partial charge on any atom is 0.254 e. The van der Waals surface area contributed by atoms with Gasteiger partial charge in [0.2, 0.25) is 0 Å². The average Bonchev–Trinajstić information content (AvgIpc) is 2.72. The van der Waals surface area contributed by atoms with Crippen LogP contribution in [0.3, 0.4) is 0 Å². The van der Waals surface area contributed by atoms with E-state index >= 15 is 0 Å². The van der Waals surface area contributed by atoms with Crippen molar-refractivity contribution < 1.29 is 0 Å². The summed E-state index contributed by atoms with van der Waals surface area (Å²) >= 11 is 1.56. The highest BCUT2D eigenvalue weighted by Gasteiger charge is 2.06. The first kappa shape index (κ1) is 12.8. The van der Waals surface area contributed by atoms with Gasteiger partial charge in [0.05, 0.1) is 6.54 Å². The molecule has 0 aliphatic heterocycles. The molecule has 2 rings (SSSR count). The van der Waals surface area contributed by atoms with Crippen LogP contribution in [0.4, 0.5) is 5.13 Å². The first-order chi connectivity index (χ1) is 8.60. The van der Waals surface area contributed by atoms with Gasteiger partial charge in [0.15, 0.2) is 5.13 Å². The second-order valence-electron chi connectivity index (χ2n) is 4.03. The Hall–Kier alpha value is -1.69. The molecule has 1 N–H and O–H groups in total. The predicted molar refractivity (Wildman–Crippen MR) is 73.4 cm³/mol. The fourth-order valence-corrected chi connectivity index (χ4v) is 2.59. The minimum absolute atomic E-state index is 0.0154. The number of aryl methyl sites for hydroxylation is 2. The smallest absolute Gasteiger partial charge is 0.254 e. The number of thiazole rings is 1. The molecule has 0 saturated heterocycles. The Labute approximate surface area is 110 Å². The number of anilines is 1. The summed E-state index contributed by atoms with van der Waals surface area (Å²) in [6.07, 6.45) is 1.80. The summed E-state index contributed by atoms with van der Waals surface area (Å²) in [5, 5.41) is 4.04. The molecule has 0 aliphatic carbocycles. The highest BCUT2D eigenvalue weighted by Crippen LogP contribution is 2.18. The molecule has 6 heteroatoms. The number of nitrogens with zero attached hydrogens (tertiary/aromatic N) is 3. The summed E-state index contributed by atoms with van der Waals surface area (Å²) in [5.74, 6) is 0.735. The topological polar surface area (TPSA) is 59.8 Å². The Morgan fingerprint density at radius 3 is 2.89 bits per heavy atom.